The Labute approximate surface area is 289 Å². The number of fused-ring (bicyclic) bond motifs is 1. The van der Waals surface area contributed by atoms with Crippen LogP contribution in [-0.2, 0) is 17.6 Å². The minimum absolute atomic E-state index is 0.152. The Balaban J connectivity index is 2.60. The first-order valence-electron chi connectivity index (χ1n) is 18.4. The molecule has 8 nitrogen and oxygen atoms in total. The number of aliphatic hydroxyl groups excluding tert-OH is 5. The summed E-state index contributed by atoms with van der Waals surface area (Å²) in [5.41, 5.74) is 5.29. The van der Waals surface area contributed by atoms with Crippen molar-refractivity contribution in [2.24, 2.45) is 0 Å². The molecule has 1 aliphatic heterocycles. The van der Waals surface area contributed by atoms with Crippen LogP contribution >= 0.6 is 0 Å². The van der Waals surface area contributed by atoms with Gasteiger partial charge >= 0.3 is 5.97 Å². The monoisotopic (exact) mass is 669 g/mol. The van der Waals surface area contributed by atoms with Crippen molar-refractivity contribution in [1.29, 1.82) is 0 Å². The quantitative estimate of drug-likeness (QED) is 0.0610. The number of allylic oxidation sites excluding steroid dienone is 2. The van der Waals surface area contributed by atoms with Gasteiger partial charge in [0.15, 0.2) is 0 Å². The first-order chi connectivity index (χ1) is 23.2. The lowest BCUT2D eigenvalue weighted by molar-refractivity contribution is -0.137. The summed E-state index contributed by atoms with van der Waals surface area (Å²) in [5, 5.41) is 64.5. The molecule has 1 aromatic carbocycles. The first kappa shape index (κ1) is 41.7. The van der Waals surface area contributed by atoms with Gasteiger partial charge in [0.1, 0.15) is 0 Å². The normalized spacial score (nSPS) is 19.1. The maximum Gasteiger partial charge on any atom is 0.303 e. The number of hydrogen-bond acceptors (Lipinski definition) is 7. The molecule has 1 heterocycles. The molecule has 0 bridgehead atoms. The van der Waals surface area contributed by atoms with Crippen molar-refractivity contribution in [1.82, 2.24) is 5.32 Å². The predicted octanol–water partition coefficient (Wildman–Crippen LogP) is 5.75. The Hall–Kier alpha value is -2.51. The average molecular weight is 670 g/mol. The molecule has 270 valence electrons. The topological polar surface area (TPSA) is 150 Å². The summed E-state index contributed by atoms with van der Waals surface area (Å²) >= 11 is 0. The second-order valence-corrected chi connectivity index (χ2v) is 13.4. The van der Waals surface area contributed by atoms with Gasteiger partial charge in [-0.15, -0.1) is 0 Å². The number of carboxylic acid groups (broad SMARTS) is 1. The number of rotatable bonds is 22. The molecule has 5 atom stereocenters. The number of aliphatic carboxylic acids is 1. The summed E-state index contributed by atoms with van der Waals surface area (Å²) in [6, 6.07) is 5.76. The number of benzene rings is 1. The van der Waals surface area contributed by atoms with Gasteiger partial charge in [0.25, 0.3) is 0 Å². The molecule has 0 fully saturated rings. The fraction of sp³-hybridized carbons (Fsp3) is 0.675. The van der Waals surface area contributed by atoms with Gasteiger partial charge in [0, 0.05) is 37.1 Å². The lowest BCUT2D eigenvalue weighted by Crippen LogP contribution is -2.46. The summed E-state index contributed by atoms with van der Waals surface area (Å²) in [5.74, 6) is 6.05. The highest BCUT2D eigenvalue weighted by Crippen LogP contribution is 2.28. The van der Waals surface area contributed by atoms with Gasteiger partial charge in [-0.25, -0.2) is 0 Å². The van der Waals surface area contributed by atoms with Gasteiger partial charge in [-0.05, 0) is 87.0 Å². The van der Waals surface area contributed by atoms with Crippen molar-refractivity contribution in [3.63, 3.8) is 0 Å². The number of carbonyl (C=O) groups is 1. The van der Waals surface area contributed by atoms with Crippen LogP contribution in [-0.4, -0.2) is 80.2 Å². The average Bonchev–Trinajstić information content (AvgIpc) is 3.06. The van der Waals surface area contributed by atoms with Crippen LogP contribution in [0.1, 0.15) is 133 Å². The van der Waals surface area contributed by atoms with Crippen LogP contribution in [0.25, 0.3) is 0 Å². The van der Waals surface area contributed by atoms with Crippen LogP contribution in [0.15, 0.2) is 41.5 Å². The molecular weight excluding hydrogens is 606 g/mol. The lowest BCUT2D eigenvalue weighted by atomic mass is 9.86. The number of carboxylic acids is 1. The van der Waals surface area contributed by atoms with Gasteiger partial charge in [0.2, 0.25) is 0 Å². The van der Waals surface area contributed by atoms with E-state index in [9.17, 15) is 30.3 Å². The molecule has 1 aliphatic rings. The summed E-state index contributed by atoms with van der Waals surface area (Å²) < 4.78 is 0. The third kappa shape index (κ3) is 16.3. The van der Waals surface area contributed by atoms with E-state index < -0.39 is 24.3 Å². The molecule has 48 heavy (non-hydrogen) atoms. The number of aliphatic hydroxyl groups is 5. The van der Waals surface area contributed by atoms with Gasteiger partial charge in [-0.3, -0.25) is 4.79 Å². The summed E-state index contributed by atoms with van der Waals surface area (Å²) in [6.45, 7) is 3.71. The van der Waals surface area contributed by atoms with Crippen LogP contribution < -0.4 is 5.32 Å². The van der Waals surface area contributed by atoms with E-state index in [-0.39, 0.29) is 38.1 Å². The van der Waals surface area contributed by atoms with E-state index in [0.29, 0.717) is 38.5 Å². The van der Waals surface area contributed by atoms with E-state index in [1.807, 2.05) is 12.2 Å². The highest BCUT2D eigenvalue weighted by Gasteiger charge is 2.26. The Kier molecular flexibility index (Phi) is 21.3. The molecule has 1 aromatic rings. The van der Waals surface area contributed by atoms with Gasteiger partial charge < -0.3 is 36.0 Å². The Morgan fingerprint density at radius 3 is 2.48 bits per heavy atom. The Morgan fingerprint density at radius 1 is 1.00 bits per heavy atom. The molecule has 0 spiro atoms. The number of hydrogen-bond donors (Lipinski definition) is 7. The van der Waals surface area contributed by atoms with Gasteiger partial charge in [-0.2, -0.15) is 0 Å². The van der Waals surface area contributed by atoms with Crippen molar-refractivity contribution < 1.29 is 35.4 Å². The van der Waals surface area contributed by atoms with Crippen LogP contribution in [0, 0.1) is 11.8 Å². The van der Waals surface area contributed by atoms with E-state index in [1.165, 1.54) is 5.56 Å². The number of nitrogens with one attached hydrogen (secondary N) is 1. The molecule has 0 aliphatic carbocycles. The first-order valence-corrected chi connectivity index (χ1v) is 18.4. The van der Waals surface area contributed by atoms with Crippen molar-refractivity contribution >= 4 is 5.97 Å². The van der Waals surface area contributed by atoms with E-state index >= 15 is 0 Å². The van der Waals surface area contributed by atoms with Crippen LogP contribution in [0.5, 0.6) is 0 Å². The van der Waals surface area contributed by atoms with Crippen LogP contribution in [0.2, 0.25) is 0 Å². The largest absolute Gasteiger partial charge is 0.481 e. The molecule has 7 N–H and O–H groups in total. The number of aryl methyl sites for hydroxylation is 2. The molecule has 5 unspecified atom stereocenters. The molecule has 2 rings (SSSR count). The number of unbranched alkanes of at least 4 members (excludes halogenated alkanes) is 7. The minimum Gasteiger partial charge on any atom is -0.481 e. The molecule has 8 heteroatoms. The Bertz CT molecular complexity index is 1180. The zero-order chi connectivity index (χ0) is 35.1. The highest BCUT2D eigenvalue weighted by atomic mass is 16.4. The zero-order valence-corrected chi connectivity index (χ0v) is 29.5. The second-order valence-electron chi connectivity index (χ2n) is 13.4. The van der Waals surface area contributed by atoms with Gasteiger partial charge in [0.05, 0.1) is 24.9 Å². The van der Waals surface area contributed by atoms with Crippen LogP contribution in [0.3, 0.4) is 0 Å². The van der Waals surface area contributed by atoms with Gasteiger partial charge in [-0.1, -0.05) is 94.1 Å². The van der Waals surface area contributed by atoms with Crippen LogP contribution in [0.4, 0.5) is 0 Å². The van der Waals surface area contributed by atoms with E-state index in [1.54, 1.807) is 6.92 Å². The van der Waals surface area contributed by atoms with Crippen molar-refractivity contribution in [3.05, 3.63) is 58.2 Å². The van der Waals surface area contributed by atoms with E-state index in [4.69, 9.17) is 5.11 Å². The Morgan fingerprint density at radius 2 is 1.77 bits per heavy atom. The minimum atomic E-state index is -0.965. The third-order valence-corrected chi connectivity index (χ3v) is 9.29. The maximum absolute atomic E-state index is 11.0. The second kappa shape index (κ2) is 24.6. The fourth-order valence-corrected chi connectivity index (χ4v) is 6.41. The van der Waals surface area contributed by atoms with Crippen molar-refractivity contribution in [3.8, 4) is 11.8 Å². The van der Waals surface area contributed by atoms with Crippen molar-refractivity contribution in [2.75, 3.05) is 13.2 Å². The molecule has 0 amide bonds. The summed E-state index contributed by atoms with van der Waals surface area (Å²) in [6.07, 6.45) is 14.9. The molecule has 0 saturated carbocycles. The fourth-order valence-electron chi connectivity index (χ4n) is 6.41. The summed E-state index contributed by atoms with van der Waals surface area (Å²) in [4.78, 5) is 11.0. The zero-order valence-electron chi connectivity index (χ0n) is 29.5. The predicted molar refractivity (Wildman–Crippen MR) is 193 cm³/mol. The van der Waals surface area contributed by atoms with E-state index in [0.717, 1.165) is 86.5 Å². The molecular formula is C40H63NO7. The highest BCUT2D eigenvalue weighted by molar-refractivity contribution is 5.66. The summed E-state index contributed by atoms with van der Waals surface area (Å²) in [7, 11) is 0. The molecule has 0 aromatic heterocycles. The standard InChI is InChI=1S/C40H63NO7/c1-3-4-8-18-34(45)26-25-33-24-23-32-17-13-16-31(15-9-7-12-27-42)36(32)19-14-21-38(30(2)44)41-39(37(33)28-35(46)29-43)20-10-5-6-11-22-40(47)48/h13,16-17,25-26,30,34-35,38-39,41-46H,3-12,15,18,20-24,27-29H2,1-2H3,(H,47,48). The molecule has 0 radical (unpaired) electrons. The smallest absolute Gasteiger partial charge is 0.303 e. The molecule has 0 saturated heterocycles. The third-order valence-electron chi connectivity index (χ3n) is 9.29. The van der Waals surface area contributed by atoms with Crippen molar-refractivity contribution in [2.45, 2.75) is 160 Å². The SMILES string of the molecule is CCCCCC(O)C=CC1=C(CC(O)CO)C(CCCCCCC(=O)O)NC(C(C)O)CC#Cc2c(CCCCCO)cccc2CC1. The lowest BCUT2D eigenvalue weighted by Gasteiger charge is -2.31. The maximum atomic E-state index is 11.0. The van der Waals surface area contributed by atoms with E-state index in [2.05, 4.69) is 42.3 Å².